The quantitative estimate of drug-likeness (QED) is 0.656. The first-order valence-electron chi connectivity index (χ1n) is 6.22. The van der Waals surface area contributed by atoms with Gasteiger partial charge in [-0.25, -0.2) is 0 Å². The van der Waals surface area contributed by atoms with Crippen LogP contribution in [0.3, 0.4) is 0 Å². The summed E-state index contributed by atoms with van der Waals surface area (Å²) >= 11 is 0. The first-order chi connectivity index (χ1) is 7.18. The minimum absolute atomic E-state index is 0.0298. The number of hydrogen-bond donors (Lipinski definition) is 0. The second-order valence-electron chi connectivity index (χ2n) is 5.12. The first kappa shape index (κ1) is 12.7. The van der Waals surface area contributed by atoms with Crippen LogP contribution in [0.2, 0.25) is 5.16 Å². The molecule has 84 valence electrons. The van der Waals surface area contributed by atoms with Gasteiger partial charge in [0, 0.05) is 10.2 Å². The fourth-order valence-corrected chi connectivity index (χ4v) is 5.66. The van der Waals surface area contributed by atoms with Crippen LogP contribution in [0.15, 0.2) is 30.3 Å². The molecule has 0 aliphatic heterocycles. The van der Waals surface area contributed by atoms with Crippen molar-refractivity contribution in [3.8, 4) is 0 Å². The van der Waals surface area contributed by atoms with Crippen LogP contribution >= 0.6 is 0 Å². The summed E-state index contributed by atoms with van der Waals surface area (Å²) < 4.78 is 0. The zero-order valence-electron chi connectivity index (χ0n) is 10.4. The highest BCUT2D eigenvalue weighted by Crippen LogP contribution is 2.13. The second kappa shape index (κ2) is 7.01. The molecule has 0 aromatic heterocycles. The van der Waals surface area contributed by atoms with Crippen LogP contribution in [0, 0.1) is 5.92 Å². The van der Waals surface area contributed by atoms with E-state index >= 15 is 0 Å². The van der Waals surface area contributed by atoms with E-state index in [-0.39, 0.29) is 9.52 Å². The molecule has 0 nitrogen and oxygen atoms in total. The van der Waals surface area contributed by atoms with Crippen molar-refractivity contribution in [3.05, 3.63) is 30.3 Å². The van der Waals surface area contributed by atoms with Crippen molar-refractivity contribution in [2.24, 2.45) is 5.92 Å². The van der Waals surface area contributed by atoms with Crippen molar-refractivity contribution >= 4 is 24.9 Å². The number of hydrogen-bond acceptors (Lipinski definition) is 0. The van der Waals surface area contributed by atoms with E-state index in [1.807, 2.05) is 0 Å². The molecule has 1 rings (SSSR count). The summed E-state index contributed by atoms with van der Waals surface area (Å²) in [6, 6.07) is 11.1. The maximum atomic E-state index is 2.33. The summed E-state index contributed by atoms with van der Waals surface area (Å²) in [6.07, 6.45) is 4.36. The van der Waals surface area contributed by atoms with Gasteiger partial charge in [0.1, 0.15) is 0 Å². The molecule has 0 saturated carbocycles. The lowest BCUT2D eigenvalue weighted by Crippen LogP contribution is -2.19. The highest BCUT2D eigenvalue weighted by Gasteiger charge is 2.04. The smallest absolute Gasteiger partial charge is 0.0544 e. The minimum Gasteiger partial charge on any atom is -0.0670 e. The average molecular weight is 237 g/mol. The monoisotopic (exact) mass is 236 g/mol. The Balaban J connectivity index is 2.21. The van der Waals surface area contributed by atoms with E-state index in [4.69, 9.17) is 0 Å². The summed E-state index contributed by atoms with van der Waals surface area (Å²) in [4.78, 5) is 0. The van der Waals surface area contributed by atoms with Gasteiger partial charge in [-0.15, -0.1) is 0 Å². The Hall–Kier alpha value is -0.346. The van der Waals surface area contributed by atoms with Crippen LogP contribution in [-0.2, 0) is 0 Å². The fraction of sp³-hybridized carbons (Fsp3) is 0.538. The molecular formula is C13H24Si2. The van der Waals surface area contributed by atoms with Crippen molar-refractivity contribution in [1.82, 2.24) is 0 Å². The minimum atomic E-state index is 0.0298. The zero-order chi connectivity index (χ0) is 11.1. The van der Waals surface area contributed by atoms with E-state index in [0.717, 1.165) is 11.1 Å². The van der Waals surface area contributed by atoms with Gasteiger partial charge in [0.25, 0.3) is 0 Å². The lowest BCUT2D eigenvalue weighted by atomic mass is 10.1. The van der Waals surface area contributed by atoms with Crippen LogP contribution in [-0.4, -0.2) is 19.8 Å². The molecule has 0 fully saturated rings. The molecule has 0 bridgehead atoms. The lowest BCUT2D eigenvalue weighted by Gasteiger charge is -2.11. The molecule has 0 aliphatic rings. The second-order valence-corrected chi connectivity index (χ2v) is 11.0. The van der Waals surface area contributed by atoms with Gasteiger partial charge in [0.2, 0.25) is 0 Å². The molecule has 0 aliphatic carbocycles. The topological polar surface area (TPSA) is 0 Å². The fourth-order valence-electron chi connectivity index (χ4n) is 1.99. The third-order valence-corrected chi connectivity index (χ3v) is 6.76. The molecule has 1 unspecified atom stereocenters. The van der Waals surface area contributed by atoms with E-state index in [9.17, 15) is 0 Å². The Kier molecular flexibility index (Phi) is 5.95. The Labute approximate surface area is 99.7 Å². The van der Waals surface area contributed by atoms with E-state index in [1.165, 1.54) is 29.5 Å². The van der Waals surface area contributed by atoms with E-state index in [0.29, 0.717) is 0 Å². The van der Waals surface area contributed by atoms with Crippen molar-refractivity contribution in [1.29, 1.82) is 0 Å². The molecule has 0 spiro atoms. The normalized spacial score (nSPS) is 14.1. The third kappa shape index (κ3) is 5.95. The van der Waals surface area contributed by atoms with Crippen LogP contribution in [0.5, 0.6) is 0 Å². The van der Waals surface area contributed by atoms with Crippen molar-refractivity contribution in [2.75, 3.05) is 0 Å². The standard InChI is InChI=1S/C13H24Si2/c1-11(2)7-6-10-13(14)15-12-8-4-3-5-9-12/h3-5,8-9,11,13H,6-7,10,15H2,1-2,14H3. The average Bonchev–Trinajstić information content (AvgIpc) is 2.18. The van der Waals surface area contributed by atoms with E-state index in [1.54, 1.807) is 5.19 Å². The predicted molar refractivity (Wildman–Crippen MR) is 77.0 cm³/mol. The van der Waals surface area contributed by atoms with Crippen LogP contribution in [0.25, 0.3) is 0 Å². The molecule has 2 heteroatoms. The Morgan fingerprint density at radius 1 is 1.13 bits per heavy atom. The molecule has 1 atom stereocenters. The van der Waals surface area contributed by atoms with Gasteiger partial charge in [0.05, 0.1) is 9.52 Å². The zero-order valence-corrected chi connectivity index (χ0v) is 13.8. The van der Waals surface area contributed by atoms with Crippen LogP contribution < -0.4 is 5.19 Å². The van der Waals surface area contributed by atoms with Crippen LogP contribution in [0.1, 0.15) is 33.1 Å². The Morgan fingerprint density at radius 2 is 1.80 bits per heavy atom. The molecule has 0 amide bonds. The van der Waals surface area contributed by atoms with Crippen molar-refractivity contribution in [2.45, 2.75) is 38.3 Å². The van der Waals surface area contributed by atoms with Gasteiger partial charge < -0.3 is 0 Å². The van der Waals surface area contributed by atoms with Gasteiger partial charge in [0.15, 0.2) is 0 Å². The van der Waals surface area contributed by atoms with Gasteiger partial charge in [-0.3, -0.25) is 0 Å². The predicted octanol–water partition coefficient (Wildman–Crippen LogP) is 1.42. The lowest BCUT2D eigenvalue weighted by molar-refractivity contribution is 0.545. The third-order valence-electron chi connectivity index (χ3n) is 2.91. The molecule has 15 heavy (non-hydrogen) atoms. The van der Waals surface area contributed by atoms with Crippen molar-refractivity contribution in [3.63, 3.8) is 0 Å². The Bertz CT molecular complexity index is 256. The summed E-state index contributed by atoms with van der Waals surface area (Å²) in [5.74, 6) is 0.886. The summed E-state index contributed by atoms with van der Waals surface area (Å²) in [5, 5.41) is 2.76. The molecule has 0 radical (unpaired) electrons. The largest absolute Gasteiger partial charge is 0.0670 e. The maximum Gasteiger partial charge on any atom is 0.0544 e. The van der Waals surface area contributed by atoms with Crippen LogP contribution in [0.4, 0.5) is 0 Å². The highest BCUT2D eigenvalue weighted by molar-refractivity contribution is 6.62. The number of rotatable bonds is 6. The van der Waals surface area contributed by atoms with Gasteiger partial charge in [-0.2, -0.15) is 0 Å². The molecular weight excluding hydrogens is 212 g/mol. The van der Waals surface area contributed by atoms with Gasteiger partial charge in [-0.1, -0.05) is 73.8 Å². The van der Waals surface area contributed by atoms with Crippen molar-refractivity contribution < 1.29 is 0 Å². The Morgan fingerprint density at radius 3 is 2.40 bits per heavy atom. The van der Waals surface area contributed by atoms with E-state index in [2.05, 4.69) is 44.2 Å². The van der Waals surface area contributed by atoms with Gasteiger partial charge in [-0.05, 0) is 5.92 Å². The summed E-state index contributed by atoms with van der Waals surface area (Å²) in [6.45, 7) is 4.66. The first-order valence-corrected chi connectivity index (χ1v) is 8.90. The van der Waals surface area contributed by atoms with E-state index < -0.39 is 0 Å². The highest BCUT2D eigenvalue weighted by atomic mass is 28.2. The number of benzene rings is 1. The van der Waals surface area contributed by atoms with Gasteiger partial charge >= 0.3 is 0 Å². The SMILES string of the molecule is CC(C)CCCC([SiH3])[SiH2]c1ccccc1. The molecule has 0 saturated heterocycles. The molecule has 1 aromatic rings. The molecule has 0 N–H and O–H groups in total. The maximum absolute atomic E-state index is 2.33. The summed E-state index contributed by atoms with van der Waals surface area (Å²) in [7, 11) is 1.43. The summed E-state index contributed by atoms with van der Waals surface area (Å²) in [5.41, 5.74) is 0. The molecule has 0 heterocycles. The molecule has 1 aromatic carbocycles.